The van der Waals surface area contributed by atoms with Gasteiger partial charge < -0.3 is 10.2 Å². The van der Waals surface area contributed by atoms with Crippen molar-refractivity contribution in [2.75, 3.05) is 18.4 Å². The van der Waals surface area contributed by atoms with Gasteiger partial charge in [0.25, 0.3) is 0 Å². The van der Waals surface area contributed by atoms with E-state index in [1.165, 1.54) is 4.90 Å². The number of rotatable bonds is 2. The van der Waals surface area contributed by atoms with Crippen LogP contribution in [-0.2, 0) is 0 Å². The third-order valence-corrected chi connectivity index (χ3v) is 4.52. The first-order chi connectivity index (χ1) is 12.1. The topological polar surface area (TPSA) is 62.5 Å². The highest BCUT2D eigenvalue weighted by Gasteiger charge is 2.25. The van der Waals surface area contributed by atoms with Crippen LogP contribution in [0.1, 0.15) is 6.42 Å². The van der Waals surface area contributed by atoms with Crippen molar-refractivity contribution in [3.63, 3.8) is 0 Å². The van der Waals surface area contributed by atoms with Gasteiger partial charge in [-0.05, 0) is 34.5 Å². The van der Waals surface area contributed by atoms with E-state index in [-0.39, 0.29) is 12.6 Å². The van der Waals surface area contributed by atoms with Crippen LogP contribution in [0.2, 0.25) is 0 Å². The number of anilines is 1. The van der Waals surface area contributed by atoms with E-state index >= 15 is 0 Å². The van der Waals surface area contributed by atoms with Crippen LogP contribution < -0.4 is 5.32 Å². The lowest BCUT2D eigenvalue weighted by Gasteiger charge is -2.16. The van der Waals surface area contributed by atoms with Gasteiger partial charge in [0.15, 0.2) is 0 Å². The van der Waals surface area contributed by atoms with Gasteiger partial charge in [-0.25, -0.2) is 19.2 Å². The molecular weight excluding hydrogens is 389 g/mol. The number of likely N-dealkylation sites (tertiary alicyclic amines) is 1. The number of urea groups is 1. The minimum absolute atomic E-state index is 0.151. The highest BCUT2D eigenvalue weighted by Crippen LogP contribution is 2.23. The number of halogens is 2. The average molecular weight is 404 g/mol. The molecule has 0 aliphatic carbocycles. The minimum Gasteiger partial charge on any atom is -0.322 e. The van der Waals surface area contributed by atoms with Gasteiger partial charge >= 0.3 is 6.03 Å². The molecule has 1 N–H and O–H groups in total. The number of alkyl halides is 1. The molecular formula is C17H15BrFN5O. The van der Waals surface area contributed by atoms with Gasteiger partial charge in [0.05, 0.1) is 16.7 Å². The Kier molecular flexibility index (Phi) is 4.12. The van der Waals surface area contributed by atoms with E-state index in [0.29, 0.717) is 24.4 Å². The zero-order valence-corrected chi connectivity index (χ0v) is 14.8. The van der Waals surface area contributed by atoms with Crippen molar-refractivity contribution in [2.24, 2.45) is 0 Å². The summed E-state index contributed by atoms with van der Waals surface area (Å²) in [6.07, 6.45) is 4.92. The third kappa shape index (κ3) is 3.34. The molecule has 1 aromatic carbocycles. The van der Waals surface area contributed by atoms with Crippen LogP contribution >= 0.6 is 15.9 Å². The highest BCUT2D eigenvalue weighted by molar-refractivity contribution is 9.10. The molecule has 25 heavy (non-hydrogen) atoms. The maximum Gasteiger partial charge on any atom is 0.321 e. The molecule has 8 heteroatoms. The number of amides is 2. The van der Waals surface area contributed by atoms with Gasteiger partial charge in [-0.3, -0.25) is 4.40 Å². The monoisotopic (exact) mass is 403 g/mol. The molecule has 4 rings (SSSR count). The van der Waals surface area contributed by atoms with E-state index in [9.17, 15) is 9.18 Å². The molecule has 1 aliphatic rings. The zero-order valence-electron chi connectivity index (χ0n) is 13.2. The molecule has 0 radical (unpaired) electrons. The SMILES string of the molecule is O=C(Nc1cccc(-c2cn3cc(Br)cnc3n2)c1)N1CC[C@@H](F)C1. The summed E-state index contributed by atoms with van der Waals surface area (Å²) in [6, 6.07) is 7.13. The van der Waals surface area contributed by atoms with Gasteiger partial charge in [-0.2, -0.15) is 0 Å². The molecule has 0 unspecified atom stereocenters. The first-order valence-corrected chi connectivity index (χ1v) is 8.68. The van der Waals surface area contributed by atoms with E-state index in [0.717, 1.165) is 15.7 Å². The fourth-order valence-electron chi connectivity index (χ4n) is 2.86. The van der Waals surface area contributed by atoms with Crippen molar-refractivity contribution in [2.45, 2.75) is 12.6 Å². The minimum atomic E-state index is -0.929. The molecule has 1 saturated heterocycles. The molecule has 1 aliphatic heterocycles. The van der Waals surface area contributed by atoms with Crippen molar-refractivity contribution in [1.29, 1.82) is 0 Å². The normalized spacial score (nSPS) is 17.2. The second-order valence-electron chi connectivity index (χ2n) is 5.95. The lowest BCUT2D eigenvalue weighted by atomic mass is 10.1. The lowest BCUT2D eigenvalue weighted by Crippen LogP contribution is -2.33. The Morgan fingerprint density at radius 3 is 3.04 bits per heavy atom. The van der Waals surface area contributed by atoms with Crippen molar-refractivity contribution < 1.29 is 9.18 Å². The molecule has 3 heterocycles. The quantitative estimate of drug-likeness (QED) is 0.708. The smallest absolute Gasteiger partial charge is 0.321 e. The zero-order chi connectivity index (χ0) is 17.4. The molecule has 3 aromatic rings. The lowest BCUT2D eigenvalue weighted by molar-refractivity contribution is 0.218. The number of hydrogen-bond donors (Lipinski definition) is 1. The number of fused-ring (bicyclic) bond motifs is 1. The number of carbonyl (C=O) groups is 1. The molecule has 0 bridgehead atoms. The summed E-state index contributed by atoms with van der Waals surface area (Å²) in [5, 5.41) is 2.82. The van der Waals surface area contributed by atoms with E-state index in [4.69, 9.17) is 0 Å². The Bertz CT molecular complexity index is 944. The molecule has 2 amide bonds. The standard InChI is InChI=1S/C17H15BrFN5O/c18-12-7-20-16-22-15(10-24(16)8-12)11-2-1-3-14(6-11)21-17(25)23-5-4-13(19)9-23/h1-3,6-8,10,13H,4-5,9H2,(H,21,25)/t13-/m1/s1. The van der Waals surface area contributed by atoms with E-state index in [2.05, 4.69) is 31.2 Å². The Hall–Kier alpha value is -2.48. The van der Waals surface area contributed by atoms with Crippen LogP contribution in [0, 0.1) is 0 Å². The molecule has 0 saturated carbocycles. The first kappa shape index (κ1) is 16.0. The summed E-state index contributed by atoms with van der Waals surface area (Å²) in [4.78, 5) is 22.4. The predicted molar refractivity (Wildman–Crippen MR) is 96.2 cm³/mol. The number of carbonyl (C=O) groups excluding carboxylic acids is 1. The third-order valence-electron chi connectivity index (χ3n) is 4.11. The Morgan fingerprint density at radius 1 is 1.36 bits per heavy atom. The van der Waals surface area contributed by atoms with Gasteiger partial charge in [0.2, 0.25) is 5.78 Å². The van der Waals surface area contributed by atoms with Crippen LogP contribution in [0.4, 0.5) is 14.9 Å². The summed E-state index contributed by atoms with van der Waals surface area (Å²) in [6.45, 7) is 0.595. The molecule has 0 spiro atoms. The van der Waals surface area contributed by atoms with Gasteiger partial charge in [-0.15, -0.1) is 0 Å². The van der Waals surface area contributed by atoms with Crippen LogP contribution in [0.25, 0.3) is 17.0 Å². The number of imidazole rings is 1. The van der Waals surface area contributed by atoms with E-state index in [1.807, 2.05) is 35.0 Å². The van der Waals surface area contributed by atoms with Crippen LogP contribution in [0.5, 0.6) is 0 Å². The first-order valence-electron chi connectivity index (χ1n) is 7.89. The second kappa shape index (κ2) is 6.44. The van der Waals surface area contributed by atoms with E-state index in [1.54, 1.807) is 12.3 Å². The van der Waals surface area contributed by atoms with Crippen molar-refractivity contribution in [1.82, 2.24) is 19.3 Å². The Balaban J connectivity index is 1.57. The van der Waals surface area contributed by atoms with E-state index < -0.39 is 6.17 Å². The summed E-state index contributed by atoms with van der Waals surface area (Å²) in [7, 11) is 0. The highest BCUT2D eigenvalue weighted by atomic mass is 79.9. The molecule has 6 nitrogen and oxygen atoms in total. The second-order valence-corrected chi connectivity index (χ2v) is 6.86. The fraction of sp³-hybridized carbons (Fsp3) is 0.235. The maximum absolute atomic E-state index is 13.2. The largest absolute Gasteiger partial charge is 0.322 e. The number of nitrogens with zero attached hydrogens (tertiary/aromatic N) is 4. The van der Waals surface area contributed by atoms with Gasteiger partial charge in [0, 0.05) is 36.4 Å². The fourth-order valence-corrected chi connectivity index (χ4v) is 3.18. The number of nitrogens with one attached hydrogen (secondary N) is 1. The van der Waals surface area contributed by atoms with Crippen molar-refractivity contribution in [3.05, 3.63) is 47.3 Å². The summed E-state index contributed by atoms with van der Waals surface area (Å²) in [5.41, 5.74) is 2.27. The Morgan fingerprint density at radius 2 is 2.24 bits per heavy atom. The number of benzene rings is 1. The Labute approximate surface area is 151 Å². The van der Waals surface area contributed by atoms with Crippen molar-refractivity contribution >= 4 is 33.4 Å². The van der Waals surface area contributed by atoms with Crippen LogP contribution in [-0.4, -0.2) is 44.6 Å². The van der Waals surface area contributed by atoms with Crippen LogP contribution in [0.3, 0.4) is 0 Å². The number of aromatic nitrogens is 3. The molecule has 1 fully saturated rings. The van der Waals surface area contributed by atoms with Gasteiger partial charge in [-0.1, -0.05) is 12.1 Å². The molecule has 2 aromatic heterocycles. The van der Waals surface area contributed by atoms with Gasteiger partial charge in [0.1, 0.15) is 6.17 Å². The number of hydrogen-bond acceptors (Lipinski definition) is 3. The predicted octanol–water partition coefficient (Wildman–Crippen LogP) is 3.73. The summed E-state index contributed by atoms with van der Waals surface area (Å²) >= 11 is 3.38. The maximum atomic E-state index is 13.2. The van der Waals surface area contributed by atoms with Crippen molar-refractivity contribution in [3.8, 4) is 11.3 Å². The summed E-state index contributed by atoms with van der Waals surface area (Å²) < 4.78 is 15.9. The summed E-state index contributed by atoms with van der Waals surface area (Å²) in [5.74, 6) is 0.596. The van der Waals surface area contributed by atoms with Crippen LogP contribution in [0.15, 0.2) is 47.3 Å². The molecule has 1 atom stereocenters. The average Bonchev–Trinajstić information content (AvgIpc) is 3.21. The molecule has 128 valence electrons.